The Balaban J connectivity index is 1.71. The van der Waals surface area contributed by atoms with E-state index in [9.17, 15) is 9.18 Å². The molecule has 0 aliphatic heterocycles. The summed E-state index contributed by atoms with van der Waals surface area (Å²) in [7, 11) is 0. The quantitative estimate of drug-likeness (QED) is 0.710. The van der Waals surface area contributed by atoms with Crippen molar-refractivity contribution in [3.8, 4) is 0 Å². The van der Waals surface area contributed by atoms with Crippen molar-refractivity contribution in [3.63, 3.8) is 0 Å². The number of benzene rings is 2. The maximum atomic E-state index is 13.0. The Hall–Kier alpha value is -3.21. The van der Waals surface area contributed by atoms with E-state index < -0.39 is 0 Å². The minimum absolute atomic E-state index is 0.0925. The Labute approximate surface area is 145 Å². The third-order valence-corrected chi connectivity index (χ3v) is 3.86. The smallest absolute Gasteiger partial charge is 0.231 e. The normalized spacial score (nSPS) is 11.6. The number of hydrogen-bond donors (Lipinski definition) is 2. The second-order valence-corrected chi connectivity index (χ2v) is 5.70. The van der Waals surface area contributed by atoms with E-state index in [1.165, 1.54) is 12.1 Å². The number of nitrogens with zero attached hydrogens (tertiary/aromatic N) is 1. The van der Waals surface area contributed by atoms with E-state index in [2.05, 4.69) is 15.6 Å². The lowest BCUT2D eigenvalue weighted by atomic mass is 9.99. The fourth-order valence-electron chi connectivity index (χ4n) is 2.42. The van der Waals surface area contributed by atoms with Gasteiger partial charge in [0, 0.05) is 29.5 Å². The van der Waals surface area contributed by atoms with Gasteiger partial charge in [0.2, 0.25) is 5.91 Å². The zero-order valence-electron chi connectivity index (χ0n) is 13.7. The van der Waals surface area contributed by atoms with Gasteiger partial charge < -0.3 is 10.6 Å². The van der Waals surface area contributed by atoms with Crippen molar-refractivity contribution in [2.45, 2.75) is 12.8 Å². The molecule has 2 aromatic carbocycles. The van der Waals surface area contributed by atoms with Crippen LogP contribution in [0.3, 0.4) is 0 Å². The predicted octanol–water partition coefficient (Wildman–Crippen LogP) is 4.71. The highest BCUT2D eigenvalue weighted by Crippen LogP contribution is 2.23. The molecule has 0 bridgehead atoms. The molecule has 0 radical (unpaired) electrons. The SMILES string of the molecule is CC(C(=O)Nc1ccncc1)c1cccc(Nc2ccc(F)cc2)c1. The summed E-state index contributed by atoms with van der Waals surface area (Å²) in [6, 6.07) is 17.2. The number of hydrogen-bond acceptors (Lipinski definition) is 3. The van der Waals surface area contributed by atoms with Gasteiger partial charge in [0.25, 0.3) is 0 Å². The van der Waals surface area contributed by atoms with Gasteiger partial charge in [0.05, 0.1) is 5.92 Å². The molecule has 0 saturated heterocycles. The van der Waals surface area contributed by atoms with Gasteiger partial charge in [-0.1, -0.05) is 12.1 Å². The summed E-state index contributed by atoms with van der Waals surface area (Å²) in [5, 5.41) is 6.08. The van der Waals surface area contributed by atoms with Crippen LogP contribution in [0.2, 0.25) is 0 Å². The van der Waals surface area contributed by atoms with Crippen LogP contribution in [0.15, 0.2) is 73.1 Å². The van der Waals surface area contributed by atoms with Crippen molar-refractivity contribution in [1.29, 1.82) is 0 Å². The Morgan fingerprint density at radius 2 is 1.68 bits per heavy atom. The van der Waals surface area contributed by atoms with Crippen molar-refractivity contribution in [3.05, 3.63) is 84.4 Å². The molecule has 2 N–H and O–H groups in total. The van der Waals surface area contributed by atoms with Gasteiger partial charge in [0.1, 0.15) is 5.82 Å². The molecule has 1 aromatic heterocycles. The standard InChI is InChI=1S/C20H18FN3O/c1-14(20(25)24-18-9-11-22-12-10-18)15-3-2-4-19(13-15)23-17-7-5-16(21)6-8-17/h2-14,23H,1H3,(H,22,24,25). The Bertz CT molecular complexity index is 850. The van der Waals surface area contributed by atoms with Crippen LogP contribution in [0.1, 0.15) is 18.4 Å². The van der Waals surface area contributed by atoms with E-state index in [0.717, 1.165) is 16.9 Å². The highest BCUT2D eigenvalue weighted by Gasteiger charge is 2.15. The van der Waals surface area contributed by atoms with Crippen LogP contribution in [0.25, 0.3) is 0 Å². The molecule has 1 amide bonds. The number of halogens is 1. The Morgan fingerprint density at radius 1 is 0.960 bits per heavy atom. The molecular weight excluding hydrogens is 317 g/mol. The number of rotatable bonds is 5. The van der Waals surface area contributed by atoms with Crippen molar-refractivity contribution >= 4 is 23.0 Å². The van der Waals surface area contributed by atoms with Gasteiger partial charge in [-0.05, 0) is 61.0 Å². The molecule has 0 fully saturated rings. The number of carbonyl (C=O) groups excluding carboxylic acids is 1. The molecule has 1 unspecified atom stereocenters. The molecule has 0 saturated carbocycles. The summed E-state index contributed by atoms with van der Waals surface area (Å²) in [4.78, 5) is 16.4. The van der Waals surface area contributed by atoms with Crippen molar-refractivity contribution in [1.82, 2.24) is 4.98 Å². The van der Waals surface area contributed by atoms with E-state index in [4.69, 9.17) is 0 Å². The van der Waals surface area contributed by atoms with Gasteiger partial charge in [0.15, 0.2) is 0 Å². The molecule has 4 nitrogen and oxygen atoms in total. The molecule has 0 aliphatic rings. The zero-order chi connectivity index (χ0) is 17.6. The first-order valence-electron chi connectivity index (χ1n) is 7.95. The molecule has 25 heavy (non-hydrogen) atoms. The topological polar surface area (TPSA) is 54.0 Å². The second kappa shape index (κ2) is 7.57. The van der Waals surface area contributed by atoms with Gasteiger partial charge in [-0.2, -0.15) is 0 Å². The van der Waals surface area contributed by atoms with Crippen molar-refractivity contribution in [2.75, 3.05) is 10.6 Å². The van der Waals surface area contributed by atoms with Gasteiger partial charge in [-0.3, -0.25) is 9.78 Å². The van der Waals surface area contributed by atoms with Crippen LogP contribution in [-0.4, -0.2) is 10.9 Å². The summed E-state index contributed by atoms with van der Waals surface area (Å²) < 4.78 is 13.0. The van der Waals surface area contributed by atoms with E-state index >= 15 is 0 Å². The Morgan fingerprint density at radius 3 is 2.40 bits per heavy atom. The van der Waals surface area contributed by atoms with Crippen LogP contribution in [0.5, 0.6) is 0 Å². The highest BCUT2D eigenvalue weighted by atomic mass is 19.1. The summed E-state index contributed by atoms with van der Waals surface area (Å²) in [6.45, 7) is 1.85. The lowest BCUT2D eigenvalue weighted by Crippen LogP contribution is -2.18. The molecule has 3 rings (SSSR count). The van der Waals surface area contributed by atoms with Crippen LogP contribution in [0, 0.1) is 5.82 Å². The maximum Gasteiger partial charge on any atom is 0.231 e. The van der Waals surface area contributed by atoms with Gasteiger partial charge in [-0.15, -0.1) is 0 Å². The average molecular weight is 335 g/mol. The molecular formula is C20H18FN3O. The number of aromatic nitrogens is 1. The number of pyridine rings is 1. The maximum absolute atomic E-state index is 13.0. The third kappa shape index (κ3) is 4.41. The van der Waals surface area contributed by atoms with Crippen LogP contribution < -0.4 is 10.6 Å². The lowest BCUT2D eigenvalue weighted by molar-refractivity contribution is -0.117. The van der Waals surface area contributed by atoms with Gasteiger partial charge in [-0.25, -0.2) is 4.39 Å². The third-order valence-electron chi connectivity index (χ3n) is 3.86. The minimum atomic E-state index is -0.317. The number of amides is 1. The minimum Gasteiger partial charge on any atom is -0.356 e. The fourth-order valence-corrected chi connectivity index (χ4v) is 2.42. The van der Waals surface area contributed by atoms with E-state index in [-0.39, 0.29) is 17.6 Å². The van der Waals surface area contributed by atoms with Crippen molar-refractivity contribution in [2.24, 2.45) is 0 Å². The summed E-state index contributed by atoms with van der Waals surface area (Å²) in [5.74, 6) is -0.686. The first-order chi connectivity index (χ1) is 12.1. The van der Waals surface area contributed by atoms with E-state index in [1.807, 2.05) is 31.2 Å². The van der Waals surface area contributed by atoms with E-state index in [0.29, 0.717) is 5.69 Å². The summed E-state index contributed by atoms with van der Waals surface area (Å²) in [6.07, 6.45) is 3.26. The molecule has 1 heterocycles. The monoisotopic (exact) mass is 335 g/mol. The first-order valence-corrected chi connectivity index (χ1v) is 7.95. The fraction of sp³-hybridized carbons (Fsp3) is 0.100. The van der Waals surface area contributed by atoms with Gasteiger partial charge >= 0.3 is 0 Å². The molecule has 126 valence electrons. The molecule has 1 atom stereocenters. The number of carbonyl (C=O) groups is 1. The average Bonchev–Trinajstić information content (AvgIpc) is 2.64. The first kappa shape index (κ1) is 16.6. The lowest BCUT2D eigenvalue weighted by Gasteiger charge is -2.14. The Kier molecular flexibility index (Phi) is 5.04. The van der Waals surface area contributed by atoms with Crippen LogP contribution >= 0.6 is 0 Å². The zero-order valence-corrected chi connectivity index (χ0v) is 13.7. The van der Waals surface area contributed by atoms with Crippen LogP contribution in [0.4, 0.5) is 21.5 Å². The molecule has 3 aromatic rings. The predicted molar refractivity (Wildman–Crippen MR) is 97.4 cm³/mol. The number of nitrogens with one attached hydrogen (secondary N) is 2. The molecule has 5 heteroatoms. The molecule has 0 spiro atoms. The molecule has 0 aliphatic carbocycles. The van der Waals surface area contributed by atoms with E-state index in [1.54, 1.807) is 36.7 Å². The summed E-state index contributed by atoms with van der Waals surface area (Å²) in [5.41, 5.74) is 3.23. The summed E-state index contributed by atoms with van der Waals surface area (Å²) >= 11 is 0. The highest BCUT2D eigenvalue weighted by molar-refractivity contribution is 5.95. The van der Waals surface area contributed by atoms with Crippen molar-refractivity contribution < 1.29 is 9.18 Å². The number of anilines is 3. The largest absolute Gasteiger partial charge is 0.356 e. The second-order valence-electron chi connectivity index (χ2n) is 5.70. The van der Waals surface area contributed by atoms with Crippen LogP contribution in [-0.2, 0) is 4.79 Å².